The summed E-state index contributed by atoms with van der Waals surface area (Å²) >= 11 is 0. The van der Waals surface area contributed by atoms with Crippen LogP contribution in [0.5, 0.6) is 0 Å². The number of ether oxygens (including phenoxy) is 1. The number of carbonyl (C=O) groups excluding carboxylic acids is 1. The van der Waals surface area contributed by atoms with Crippen LogP contribution in [0.1, 0.15) is 22.8 Å². The van der Waals surface area contributed by atoms with E-state index in [4.69, 9.17) is 9.84 Å². The van der Waals surface area contributed by atoms with Crippen LogP contribution < -0.4 is 5.32 Å². The van der Waals surface area contributed by atoms with Gasteiger partial charge >= 0.3 is 5.97 Å². The van der Waals surface area contributed by atoms with Crippen LogP contribution in [0.15, 0.2) is 24.3 Å². The minimum Gasteiger partial charge on any atom is -0.480 e. The molecule has 1 atom stereocenters. The van der Waals surface area contributed by atoms with E-state index in [2.05, 4.69) is 5.32 Å². The Morgan fingerprint density at radius 2 is 1.94 bits per heavy atom. The van der Waals surface area contributed by atoms with Crippen molar-refractivity contribution in [3.63, 3.8) is 0 Å². The number of carboxylic acid groups (broad SMARTS) is 1. The van der Waals surface area contributed by atoms with Gasteiger partial charge in [0.05, 0.1) is 6.61 Å². The molecule has 0 heterocycles. The van der Waals surface area contributed by atoms with Crippen molar-refractivity contribution in [1.29, 1.82) is 0 Å². The van der Waals surface area contributed by atoms with Crippen LogP contribution in [0.2, 0.25) is 0 Å². The Morgan fingerprint density at radius 1 is 1.35 bits per heavy atom. The van der Waals surface area contributed by atoms with E-state index in [-0.39, 0.29) is 0 Å². The monoisotopic (exact) mass is 237 g/mol. The van der Waals surface area contributed by atoms with Crippen LogP contribution in [0.4, 0.5) is 0 Å². The van der Waals surface area contributed by atoms with E-state index in [0.29, 0.717) is 12.2 Å². The van der Waals surface area contributed by atoms with Crippen LogP contribution in [0, 0.1) is 0 Å². The smallest absolute Gasteiger partial charge is 0.325 e. The quantitative estimate of drug-likeness (QED) is 0.802. The van der Waals surface area contributed by atoms with Crippen LogP contribution in [0.3, 0.4) is 0 Å². The molecule has 0 saturated heterocycles. The zero-order valence-corrected chi connectivity index (χ0v) is 9.77. The van der Waals surface area contributed by atoms with Crippen LogP contribution in [0.25, 0.3) is 0 Å². The van der Waals surface area contributed by atoms with E-state index in [1.165, 1.54) is 6.92 Å². The van der Waals surface area contributed by atoms with Crippen molar-refractivity contribution in [3.05, 3.63) is 35.4 Å². The number of carboxylic acids is 1. The first kappa shape index (κ1) is 13.2. The van der Waals surface area contributed by atoms with Crippen molar-refractivity contribution in [2.24, 2.45) is 0 Å². The van der Waals surface area contributed by atoms with E-state index in [9.17, 15) is 9.59 Å². The van der Waals surface area contributed by atoms with E-state index in [1.807, 2.05) is 0 Å². The van der Waals surface area contributed by atoms with Crippen molar-refractivity contribution in [1.82, 2.24) is 5.32 Å². The fraction of sp³-hybridized carbons (Fsp3) is 0.333. The summed E-state index contributed by atoms with van der Waals surface area (Å²) in [5, 5.41) is 11.0. The molecule has 5 heteroatoms. The van der Waals surface area contributed by atoms with Crippen molar-refractivity contribution >= 4 is 11.9 Å². The number of nitrogens with one attached hydrogen (secondary N) is 1. The highest BCUT2D eigenvalue weighted by Crippen LogP contribution is 2.05. The lowest BCUT2D eigenvalue weighted by Gasteiger charge is -2.09. The molecule has 5 nitrogen and oxygen atoms in total. The third-order valence-corrected chi connectivity index (χ3v) is 2.25. The molecule has 1 aromatic carbocycles. The molecule has 0 aliphatic heterocycles. The molecule has 17 heavy (non-hydrogen) atoms. The third kappa shape index (κ3) is 3.88. The Hall–Kier alpha value is -1.88. The van der Waals surface area contributed by atoms with Crippen molar-refractivity contribution in [3.8, 4) is 0 Å². The molecule has 0 saturated carbocycles. The zero-order chi connectivity index (χ0) is 12.8. The molecule has 2 N–H and O–H groups in total. The predicted octanol–water partition coefficient (Wildman–Crippen LogP) is 1.04. The Kier molecular flexibility index (Phi) is 4.66. The average molecular weight is 237 g/mol. The van der Waals surface area contributed by atoms with E-state index in [0.717, 1.165) is 5.56 Å². The van der Waals surface area contributed by atoms with Gasteiger partial charge in [0.15, 0.2) is 0 Å². The summed E-state index contributed by atoms with van der Waals surface area (Å²) in [6.07, 6.45) is 0. The number of methoxy groups -OCH3 is 1. The highest BCUT2D eigenvalue weighted by atomic mass is 16.5. The molecule has 0 fully saturated rings. The van der Waals surface area contributed by atoms with Gasteiger partial charge in [-0.3, -0.25) is 9.59 Å². The van der Waals surface area contributed by atoms with Gasteiger partial charge in [-0.05, 0) is 24.6 Å². The standard InChI is InChI=1S/C12H15NO4/c1-8(12(15)16)13-11(14)10-5-3-9(4-6-10)7-17-2/h3-6,8H,7H2,1-2H3,(H,13,14)(H,15,16)/t8-/m1/s1. The van der Waals surface area contributed by atoms with E-state index >= 15 is 0 Å². The fourth-order valence-corrected chi connectivity index (χ4v) is 1.26. The normalized spacial score (nSPS) is 11.9. The number of amides is 1. The number of hydrogen-bond acceptors (Lipinski definition) is 3. The first-order valence-corrected chi connectivity index (χ1v) is 5.16. The number of benzene rings is 1. The molecule has 1 aromatic rings. The number of hydrogen-bond donors (Lipinski definition) is 2. The first-order valence-electron chi connectivity index (χ1n) is 5.16. The molecule has 0 unspecified atom stereocenters. The molecular weight excluding hydrogens is 222 g/mol. The average Bonchev–Trinajstić information content (AvgIpc) is 2.30. The summed E-state index contributed by atoms with van der Waals surface area (Å²) in [6, 6.07) is 5.91. The second-order valence-electron chi connectivity index (χ2n) is 3.66. The van der Waals surface area contributed by atoms with Crippen LogP contribution >= 0.6 is 0 Å². The van der Waals surface area contributed by atoms with Gasteiger partial charge in [0.2, 0.25) is 0 Å². The van der Waals surface area contributed by atoms with Crippen molar-refractivity contribution < 1.29 is 19.4 Å². The third-order valence-electron chi connectivity index (χ3n) is 2.25. The van der Waals surface area contributed by atoms with Gasteiger partial charge in [-0.25, -0.2) is 0 Å². The van der Waals surface area contributed by atoms with Gasteiger partial charge in [-0.15, -0.1) is 0 Å². The summed E-state index contributed by atoms with van der Waals surface area (Å²) in [4.78, 5) is 22.2. The summed E-state index contributed by atoms with van der Waals surface area (Å²) < 4.78 is 4.95. The minimum absolute atomic E-state index is 0.399. The molecule has 92 valence electrons. The van der Waals surface area contributed by atoms with Gasteiger partial charge in [0.1, 0.15) is 6.04 Å². The Bertz CT molecular complexity index is 399. The SMILES string of the molecule is COCc1ccc(C(=O)N[C@H](C)C(=O)O)cc1. The van der Waals surface area contributed by atoms with Crippen molar-refractivity contribution in [2.45, 2.75) is 19.6 Å². The summed E-state index contributed by atoms with van der Waals surface area (Å²) in [5.74, 6) is -1.46. The predicted molar refractivity (Wildman–Crippen MR) is 61.7 cm³/mol. The molecule has 0 aliphatic rings. The lowest BCUT2D eigenvalue weighted by atomic mass is 10.1. The summed E-state index contributed by atoms with van der Waals surface area (Å²) in [6.45, 7) is 1.90. The maximum Gasteiger partial charge on any atom is 0.325 e. The highest BCUT2D eigenvalue weighted by Gasteiger charge is 2.14. The molecule has 0 aliphatic carbocycles. The van der Waals surface area contributed by atoms with Crippen LogP contribution in [-0.4, -0.2) is 30.1 Å². The molecular formula is C12H15NO4. The lowest BCUT2D eigenvalue weighted by molar-refractivity contribution is -0.138. The largest absolute Gasteiger partial charge is 0.480 e. The number of rotatable bonds is 5. The van der Waals surface area contributed by atoms with Gasteiger partial charge in [0, 0.05) is 12.7 Å². The Balaban J connectivity index is 2.66. The van der Waals surface area contributed by atoms with Gasteiger partial charge in [0.25, 0.3) is 5.91 Å². The lowest BCUT2D eigenvalue weighted by Crippen LogP contribution is -2.38. The Morgan fingerprint density at radius 3 is 2.41 bits per heavy atom. The van der Waals surface area contributed by atoms with Gasteiger partial charge in [-0.2, -0.15) is 0 Å². The fourth-order valence-electron chi connectivity index (χ4n) is 1.26. The summed E-state index contributed by atoms with van der Waals surface area (Å²) in [7, 11) is 1.59. The minimum atomic E-state index is -1.06. The second kappa shape index (κ2) is 6.00. The zero-order valence-electron chi connectivity index (χ0n) is 9.77. The molecule has 0 aromatic heterocycles. The number of aliphatic carboxylic acids is 1. The van der Waals surface area contributed by atoms with Crippen molar-refractivity contribution in [2.75, 3.05) is 7.11 Å². The second-order valence-corrected chi connectivity index (χ2v) is 3.66. The topological polar surface area (TPSA) is 75.6 Å². The summed E-state index contributed by atoms with van der Waals surface area (Å²) in [5.41, 5.74) is 1.38. The van der Waals surface area contributed by atoms with E-state index < -0.39 is 17.9 Å². The van der Waals surface area contributed by atoms with E-state index in [1.54, 1.807) is 31.4 Å². The molecule has 0 radical (unpaired) electrons. The van der Waals surface area contributed by atoms with Gasteiger partial charge < -0.3 is 15.2 Å². The molecule has 0 bridgehead atoms. The van der Waals surface area contributed by atoms with Crippen LogP contribution in [-0.2, 0) is 16.1 Å². The van der Waals surface area contributed by atoms with Gasteiger partial charge in [-0.1, -0.05) is 12.1 Å². The maximum absolute atomic E-state index is 11.6. The number of carbonyl (C=O) groups is 2. The molecule has 1 amide bonds. The first-order chi connectivity index (χ1) is 8.04. The maximum atomic E-state index is 11.6. The Labute approximate surface area is 99.4 Å². The molecule has 1 rings (SSSR count). The molecule has 0 spiro atoms. The highest BCUT2D eigenvalue weighted by molar-refractivity contribution is 5.96.